The van der Waals surface area contributed by atoms with Crippen LogP contribution in [0, 0.1) is 12.7 Å². The molecular formula is C18H15ClFNO3. The predicted octanol–water partition coefficient (Wildman–Crippen LogP) is 3.98. The van der Waals surface area contributed by atoms with Gasteiger partial charge in [0.05, 0.1) is 10.7 Å². The normalized spacial score (nSPS) is 10.6. The Labute approximate surface area is 143 Å². The van der Waals surface area contributed by atoms with Crippen molar-refractivity contribution in [2.75, 3.05) is 11.9 Å². The van der Waals surface area contributed by atoms with Crippen LogP contribution in [0.5, 0.6) is 0 Å². The third-order valence-corrected chi connectivity index (χ3v) is 3.34. The molecule has 4 nitrogen and oxygen atoms in total. The van der Waals surface area contributed by atoms with Crippen molar-refractivity contribution < 1.29 is 18.7 Å². The van der Waals surface area contributed by atoms with Gasteiger partial charge < -0.3 is 10.1 Å². The molecule has 0 aliphatic rings. The van der Waals surface area contributed by atoms with E-state index in [2.05, 4.69) is 5.32 Å². The van der Waals surface area contributed by atoms with Gasteiger partial charge in [-0.25, -0.2) is 9.18 Å². The summed E-state index contributed by atoms with van der Waals surface area (Å²) in [5.41, 5.74) is 2.06. The highest BCUT2D eigenvalue weighted by molar-refractivity contribution is 6.33. The predicted molar refractivity (Wildman–Crippen MR) is 91.2 cm³/mol. The lowest BCUT2D eigenvalue weighted by atomic mass is 10.2. The van der Waals surface area contributed by atoms with Gasteiger partial charge in [0, 0.05) is 6.08 Å². The number of amides is 1. The van der Waals surface area contributed by atoms with E-state index < -0.39 is 18.5 Å². The lowest BCUT2D eigenvalue weighted by Gasteiger charge is -2.07. The van der Waals surface area contributed by atoms with E-state index in [0.29, 0.717) is 16.3 Å². The van der Waals surface area contributed by atoms with Crippen molar-refractivity contribution in [2.24, 2.45) is 0 Å². The van der Waals surface area contributed by atoms with Crippen LogP contribution in [-0.4, -0.2) is 18.5 Å². The van der Waals surface area contributed by atoms with Crippen molar-refractivity contribution in [3.05, 3.63) is 70.5 Å². The molecule has 0 radical (unpaired) electrons. The quantitative estimate of drug-likeness (QED) is 0.657. The first-order valence-corrected chi connectivity index (χ1v) is 7.48. The van der Waals surface area contributed by atoms with Crippen LogP contribution in [0.2, 0.25) is 5.02 Å². The Morgan fingerprint density at radius 2 is 1.92 bits per heavy atom. The highest BCUT2D eigenvalue weighted by atomic mass is 35.5. The summed E-state index contributed by atoms with van der Waals surface area (Å²) in [5.74, 6) is -1.53. The number of benzene rings is 2. The van der Waals surface area contributed by atoms with Crippen molar-refractivity contribution >= 4 is 35.2 Å². The third kappa shape index (κ3) is 5.52. The number of anilines is 1. The molecule has 0 unspecified atom stereocenters. The van der Waals surface area contributed by atoms with Gasteiger partial charge in [0.2, 0.25) is 0 Å². The van der Waals surface area contributed by atoms with Gasteiger partial charge in [0.15, 0.2) is 6.61 Å². The fourth-order valence-electron chi connectivity index (χ4n) is 1.83. The molecule has 0 saturated heterocycles. The first-order valence-electron chi connectivity index (χ1n) is 7.10. The van der Waals surface area contributed by atoms with Crippen molar-refractivity contribution in [3.63, 3.8) is 0 Å². The van der Waals surface area contributed by atoms with E-state index in [9.17, 15) is 14.0 Å². The number of rotatable bonds is 5. The van der Waals surface area contributed by atoms with E-state index in [-0.39, 0.29) is 5.82 Å². The van der Waals surface area contributed by atoms with Gasteiger partial charge >= 0.3 is 5.97 Å². The minimum atomic E-state index is -0.676. The van der Waals surface area contributed by atoms with Gasteiger partial charge in [-0.1, -0.05) is 29.8 Å². The zero-order chi connectivity index (χ0) is 17.5. The van der Waals surface area contributed by atoms with Crippen molar-refractivity contribution in [1.29, 1.82) is 0 Å². The summed E-state index contributed by atoms with van der Waals surface area (Å²) >= 11 is 6.00. The average Bonchev–Trinajstić information content (AvgIpc) is 2.55. The van der Waals surface area contributed by atoms with Crippen LogP contribution in [0.15, 0.2) is 48.5 Å². The molecule has 2 rings (SSSR count). The highest BCUT2D eigenvalue weighted by Crippen LogP contribution is 2.22. The fourth-order valence-corrected chi connectivity index (χ4v) is 2.11. The topological polar surface area (TPSA) is 55.4 Å². The molecule has 2 aromatic rings. The number of esters is 1. The number of carbonyl (C=O) groups is 2. The standard InChI is InChI=1S/C18H15ClFNO3/c1-12-2-8-16(15(19)10-12)21-17(22)11-24-18(23)9-5-13-3-6-14(20)7-4-13/h2-10H,11H2,1H3,(H,21,22)/b9-5+. The molecule has 0 aromatic heterocycles. The fraction of sp³-hybridized carbons (Fsp3) is 0.111. The zero-order valence-corrected chi connectivity index (χ0v) is 13.6. The van der Waals surface area contributed by atoms with Crippen LogP contribution in [0.3, 0.4) is 0 Å². The molecule has 0 saturated carbocycles. The Balaban J connectivity index is 1.82. The van der Waals surface area contributed by atoms with Gasteiger partial charge in [-0.05, 0) is 48.4 Å². The second-order valence-corrected chi connectivity index (χ2v) is 5.43. The maximum absolute atomic E-state index is 12.8. The van der Waals surface area contributed by atoms with E-state index in [1.165, 1.54) is 36.4 Å². The highest BCUT2D eigenvalue weighted by Gasteiger charge is 2.08. The smallest absolute Gasteiger partial charge is 0.331 e. The number of aryl methyl sites for hydroxylation is 1. The van der Waals surface area contributed by atoms with Gasteiger partial charge in [-0.15, -0.1) is 0 Å². The molecule has 0 atom stereocenters. The molecule has 0 aliphatic carbocycles. The van der Waals surface area contributed by atoms with Crippen LogP contribution in [0.1, 0.15) is 11.1 Å². The Bertz CT molecular complexity index is 772. The van der Waals surface area contributed by atoms with Crippen LogP contribution in [-0.2, 0) is 14.3 Å². The van der Waals surface area contributed by atoms with Gasteiger partial charge in [-0.3, -0.25) is 4.79 Å². The molecule has 0 bridgehead atoms. The van der Waals surface area contributed by atoms with Crippen LogP contribution in [0.25, 0.3) is 6.08 Å². The van der Waals surface area contributed by atoms with Gasteiger partial charge in [-0.2, -0.15) is 0 Å². The van der Waals surface area contributed by atoms with Gasteiger partial charge in [0.25, 0.3) is 5.91 Å². The monoisotopic (exact) mass is 347 g/mol. The van der Waals surface area contributed by atoms with Crippen LogP contribution >= 0.6 is 11.6 Å². The third-order valence-electron chi connectivity index (χ3n) is 3.03. The Hall–Kier alpha value is -2.66. The number of carbonyl (C=O) groups excluding carboxylic acids is 2. The van der Waals surface area contributed by atoms with Crippen LogP contribution < -0.4 is 5.32 Å². The van der Waals surface area contributed by atoms with E-state index in [1.54, 1.807) is 18.2 Å². The van der Waals surface area contributed by atoms with Gasteiger partial charge in [0.1, 0.15) is 5.82 Å². The second-order valence-electron chi connectivity index (χ2n) is 5.02. The minimum Gasteiger partial charge on any atom is -0.452 e. The summed E-state index contributed by atoms with van der Waals surface area (Å²) in [5, 5.41) is 2.97. The summed E-state index contributed by atoms with van der Waals surface area (Å²) in [6.07, 6.45) is 2.63. The molecule has 2 aromatic carbocycles. The molecule has 0 aliphatic heterocycles. The molecule has 0 heterocycles. The summed E-state index contributed by atoms with van der Waals surface area (Å²) in [6, 6.07) is 10.8. The lowest BCUT2D eigenvalue weighted by molar-refractivity contribution is -0.142. The number of hydrogen-bond donors (Lipinski definition) is 1. The second kappa shape index (κ2) is 8.26. The minimum absolute atomic E-state index is 0.360. The number of nitrogens with one attached hydrogen (secondary N) is 1. The largest absolute Gasteiger partial charge is 0.452 e. The molecule has 1 N–H and O–H groups in total. The maximum atomic E-state index is 12.8. The lowest BCUT2D eigenvalue weighted by Crippen LogP contribution is -2.20. The van der Waals surface area contributed by atoms with E-state index in [1.807, 2.05) is 6.92 Å². The Kier molecular flexibility index (Phi) is 6.09. The molecular weight excluding hydrogens is 333 g/mol. The van der Waals surface area contributed by atoms with E-state index >= 15 is 0 Å². The van der Waals surface area contributed by atoms with Crippen LogP contribution in [0.4, 0.5) is 10.1 Å². The van der Waals surface area contributed by atoms with Crippen molar-refractivity contribution in [2.45, 2.75) is 6.92 Å². The van der Waals surface area contributed by atoms with Crippen molar-refractivity contribution in [3.8, 4) is 0 Å². The molecule has 1 amide bonds. The molecule has 0 spiro atoms. The number of ether oxygens (including phenoxy) is 1. The molecule has 6 heteroatoms. The summed E-state index contributed by atoms with van der Waals surface area (Å²) in [4.78, 5) is 23.3. The molecule has 124 valence electrons. The van der Waals surface area contributed by atoms with E-state index in [4.69, 9.17) is 16.3 Å². The average molecular weight is 348 g/mol. The zero-order valence-electron chi connectivity index (χ0n) is 12.9. The maximum Gasteiger partial charge on any atom is 0.331 e. The number of hydrogen-bond acceptors (Lipinski definition) is 3. The summed E-state index contributed by atoms with van der Waals surface area (Å²) in [6.45, 7) is 1.45. The Morgan fingerprint density at radius 1 is 1.21 bits per heavy atom. The first kappa shape index (κ1) is 17.7. The Morgan fingerprint density at radius 3 is 2.58 bits per heavy atom. The summed E-state index contributed by atoms with van der Waals surface area (Å²) < 4.78 is 17.6. The number of halogens is 2. The van der Waals surface area contributed by atoms with E-state index in [0.717, 1.165) is 5.56 Å². The molecule has 0 fully saturated rings. The van der Waals surface area contributed by atoms with Crippen molar-refractivity contribution in [1.82, 2.24) is 0 Å². The summed E-state index contributed by atoms with van der Waals surface area (Å²) in [7, 11) is 0. The SMILES string of the molecule is Cc1ccc(NC(=O)COC(=O)/C=C/c2ccc(F)cc2)c(Cl)c1. The molecule has 24 heavy (non-hydrogen) atoms. The first-order chi connectivity index (χ1) is 11.4.